The molecule has 2 rings (SSSR count). The highest BCUT2D eigenvalue weighted by molar-refractivity contribution is 5.72. The van der Waals surface area contributed by atoms with Crippen LogP contribution in [0.25, 0.3) is 17.3 Å². The molecule has 0 bridgehead atoms. The maximum absolute atomic E-state index is 4.86. The van der Waals surface area contributed by atoms with Crippen LogP contribution in [-0.4, -0.2) is 14.9 Å². The number of aromatic nitrogens is 3. The molecule has 0 atom stereocenters. The third kappa shape index (κ3) is 0.500. The van der Waals surface area contributed by atoms with Gasteiger partial charge in [-0.3, -0.25) is 0 Å². The first-order chi connectivity index (χ1) is 4.92. The van der Waals surface area contributed by atoms with E-state index in [-0.39, 0.29) is 0 Å². The second-order valence-electron chi connectivity index (χ2n) is 1.86. The number of fused-ring (bicyclic) bond motifs is 1. The lowest BCUT2D eigenvalue weighted by Crippen LogP contribution is -1.84. The molecule has 0 fully saturated rings. The predicted octanol–water partition coefficient (Wildman–Crippen LogP) is 1.12. The van der Waals surface area contributed by atoms with Gasteiger partial charge >= 0.3 is 0 Å². The van der Waals surface area contributed by atoms with Crippen LogP contribution in [0.1, 0.15) is 0 Å². The largest absolute Gasteiger partial charge is 0.336 e. The fraction of sp³-hybridized carbons (Fsp3) is 0. The van der Waals surface area contributed by atoms with Crippen LogP contribution in [0, 0.1) is 0 Å². The van der Waals surface area contributed by atoms with Crippen molar-refractivity contribution in [2.24, 2.45) is 0 Å². The Morgan fingerprint density at radius 3 is 3.30 bits per heavy atom. The minimum Gasteiger partial charge on any atom is -0.336 e. The van der Waals surface area contributed by atoms with Crippen LogP contribution in [0.3, 0.4) is 0 Å². The number of nitrogens with zero attached hydrogens (tertiary/aromatic N) is 3. The predicted molar refractivity (Wildman–Crippen MR) is 36.2 cm³/mol. The van der Waals surface area contributed by atoms with E-state index in [4.69, 9.17) is 4.52 Å². The van der Waals surface area contributed by atoms with E-state index in [1.165, 1.54) is 4.68 Å². The van der Waals surface area contributed by atoms with E-state index < -0.39 is 0 Å². The summed E-state index contributed by atoms with van der Waals surface area (Å²) in [5.74, 6) is 0. The van der Waals surface area contributed by atoms with Gasteiger partial charge in [-0.25, -0.2) is 4.68 Å². The van der Waals surface area contributed by atoms with Crippen molar-refractivity contribution >= 4 is 17.3 Å². The Bertz CT molecular complexity index is 360. The van der Waals surface area contributed by atoms with E-state index >= 15 is 0 Å². The van der Waals surface area contributed by atoms with Crippen molar-refractivity contribution in [3.05, 3.63) is 19.0 Å². The van der Waals surface area contributed by atoms with Crippen molar-refractivity contribution in [3.63, 3.8) is 0 Å². The summed E-state index contributed by atoms with van der Waals surface area (Å²) in [7, 11) is 0. The molecule has 4 nitrogen and oxygen atoms in total. The molecule has 2 aromatic heterocycles. The molecular formula is C6H5N3O. The molecule has 0 amide bonds. The zero-order chi connectivity index (χ0) is 6.97. The lowest BCUT2D eigenvalue weighted by molar-refractivity contribution is 0.441. The smallest absolute Gasteiger partial charge is 0.260 e. The fourth-order valence-corrected chi connectivity index (χ4v) is 0.811. The van der Waals surface area contributed by atoms with Crippen molar-refractivity contribution in [1.29, 1.82) is 0 Å². The minimum atomic E-state index is 0.634. The first kappa shape index (κ1) is 5.22. The van der Waals surface area contributed by atoms with Gasteiger partial charge < -0.3 is 4.52 Å². The molecule has 0 aliphatic carbocycles. The fourth-order valence-electron chi connectivity index (χ4n) is 0.811. The van der Waals surface area contributed by atoms with Gasteiger partial charge in [0.2, 0.25) is 0 Å². The highest BCUT2D eigenvalue weighted by Crippen LogP contribution is 2.10. The summed E-state index contributed by atoms with van der Waals surface area (Å²) in [5.41, 5.74) is 0.634. The maximum Gasteiger partial charge on any atom is 0.260 e. The monoisotopic (exact) mass is 135 g/mol. The Kier molecular flexibility index (Phi) is 0.887. The molecule has 0 radical (unpaired) electrons. The van der Waals surface area contributed by atoms with Crippen molar-refractivity contribution < 1.29 is 4.52 Å². The zero-order valence-corrected chi connectivity index (χ0v) is 5.19. The zero-order valence-electron chi connectivity index (χ0n) is 5.19. The van der Waals surface area contributed by atoms with Crippen LogP contribution in [0.2, 0.25) is 0 Å². The molecule has 10 heavy (non-hydrogen) atoms. The van der Waals surface area contributed by atoms with E-state index in [0.717, 1.165) is 5.39 Å². The van der Waals surface area contributed by atoms with Gasteiger partial charge in [-0.2, -0.15) is 5.10 Å². The maximum atomic E-state index is 4.86. The topological polar surface area (TPSA) is 43.9 Å². The molecule has 4 heteroatoms. The lowest BCUT2D eigenvalue weighted by atomic mass is 10.5. The van der Waals surface area contributed by atoms with E-state index in [1.807, 2.05) is 0 Å². The third-order valence-electron chi connectivity index (χ3n) is 1.28. The van der Waals surface area contributed by atoms with E-state index in [9.17, 15) is 0 Å². The standard InChI is InChI=1S/C6H5N3O/c1-2-9-6-5(3-7-9)4-8-10-6/h2-4H,1H2. The normalized spacial score (nSPS) is 10.4. The highest BCUT2D eigenvalue weighted by atomic mass is 16.5. The molecular weight excluding hydrogens is 130 g/mol. The Balaban J connectivity index is 2.88. The van der Waals surface area contributed by atoms with Gasteiger partial charge in [0.15, 0.2) is 0 Å². The Labute approximate surface area is 56.7 Å². The molecule has 50 valence electrons. The van der Waals surface area contributed by atoms with Crippen molar-refractivity contribution in [3.8, 4) is 0 Å². The molecule has 2 aromatic rings. The molecule has 0 unspecified atom stereocenters. The van der Waals surface area contributed by atoms with Gasteiger partial charge in [-0.1, -0.05) is 11.7 Å². The van der Waals surface area contributed by atoms with Crippen molar-refractivity contribution in [1.82, 2.24) is 14.9 Å². The van der Waals surface area contributed by atoms with Crippen LogP contribution in [-0.2, 0) is 0 Å². The van der Waals surface area contributed by atoms with Gasteiger partial charge in [0.25, 0.3) is 5.71 Å². The second kappa shape index (κ2) is 1.70. The summed E-state index contributed by atoms with van der Waals surface area (Å²) >= 11 is 0. The Morgan fingerprint density at radius 2 is 2.50 bits per heavy atom. The third-order valence-corrected chi connectivity index (χ3v) is 1.28. The first-order valence-electron chi connectivity index (χ1n) is 2.82. The lowest BCUT2D eigenvalue weighted by Gasteiger charge is -1.84. The van der Waals surface area contributed by atoms with Gasteiger partial charge in [-0.05, 0) is 0 Å². The van der Waals surface area contributed by atoms with Crippen LogP contribution in [0.5, 0.6) is 0 Å². The summed E-state index contributed by atoms with van der Waals surface area (Å²) < 4.78 is 6.39. The first-order valence-corrected chi connectivity index (χ1v) is 2.82. The van der Waals surface area contributed by atoms with Gasteiger partial charge in [0, 0.05) is 6.20 Å². The second-order valence-corrected chi connectivity index (χ2v) is 1.86. The Morgan fingerprint density at radius 1 is 1.60 bits per heavy atom. The van der Waals surface area contributed by atoms with Gasteiger partial charge in [-0.15, -0.1) is 0 Å². The molecule has 0 aromatic carbocycles. The molecule has 0 aliphatic rings. The number of hydrogen-bond acceptors (Lipinski definition) is 3. The molecule has 2 heterocycles. The van der Waals surface area contributed by atoms with Crippen LogP contribution in [0.15, 0.2) is 23.5 Å². The molecule has 0 N–H and O–H groups in total. The Hall–Kier alpha value is -1.58. The summed E-state index contributed by atoms with van der Waals surface area (Å²) in [5, 5.41) is 8.41. The number of rotatable bonds is 1. The van der Waals surface area contributed by atoms with E-state index in [0.29, 0.717) is 5.71 Å². The highest BCUT2D eigenvalue weighted by Gasteiger charge is 2.02. The summed E-state index contributed by atoms with van der Waals surface area (Å²) in [6, 6.07) is 0. The molecule has 0 saturated heterocycles. The SMILES string of the molecule is C=Cn1ncc2cnoc21. The average molecular weight is 135 g/mol. The summed E-state index contributed by atoms with van der Waals surface area (Å²) in [6.45, 7) is 3.55. The van der Waals surface area contributed by atoms with Gasteiger partial charge in [0.1, 0.15) is 0 Å². The van der Waals surface area contributed by atoms with Gasteiger partial charge in [0.05, 0.1) is 17.8 Å². The van der Waals surface area contributed by atoms with Crippen LogP contribution < -0.4 is 0 Å². The van der Waals surface area contributed by atoms with E-state index in [2.05, 4.69) is 16.8 Å². The molecule has 0 saturated carbocycles. The average Bonchev–Trinajstić information content (AvgIpc) is 2.44. The summed E-state index contributed by atoms with van der Waals surface area (Å²) in [4.78, 5) is 0. The van der Waals surface area contributed by atoms with Crippen molar-refractivity contribution in [2.45, 2.75) is 0 Å². The molecule has 0 spiro atoms. The summed E-state index contributed by atoms with van der Waals surface area (Å²) in [6.07, 6.45) is 4.85. The minimum absolute atomic E-state index is 0.634. The van der Waals surface area contributed by atoms with Crippen molar-refractivity contribution in [2.75, 3.05) is 0 Å². The number of hydrogen-bond donors (Lipinski definition) is 0. The molecule has 0 aliphatic heterocycles. The van der Waals surface area contributed by atoms with Crippen LogP contribution >= 0.6 is 0 Å². The van der Waals surface area contributed by atoms with E-state index in [1.54, 1.807) is 18.6 Å². The van der Waals surface area contributed by atoms with Crippen LogP contribution in [0.4, 0.5) is 0 Å². The quantitative estimate of drug-likeness (QED) is 0.588.